The number of fused-ring (bicyclic) bond motifs is 1. The first kappa shape index (κ1) is 26.5. The predicted molar refractivity (Wildman–Crippen MR) is 124 cm³/mol. The molecule has 4 rings (SSSR count). The Morgan fingerprint density at radius 1 is 1.00 bits per heavy atom. The molecule has 14 heteroatoms. The zero-order valence-corrected chi connectivity index (χ0v) is 19.7. The van der Waals surface area contributed by atoms with Gasteiger partial charge in [0, 0.05) is 24.6 Å². The molecule has 2 aromatic carbocycles. The Morgan fingerprint density at radius 2 is 1.71 bits per heavy atom. The highest BCUT2D eigenvalue weighted by Gasteiger charge is 2.51. The van der Waals surface area contributed by atoms with E-state index in [9.17, 15) is 45.0 Å². The van der Waals surface area contributed by atoms with Gasteiger partial charge in [-0.3, -0.25) is 9.59 Å². The molecule has 0 bridgehead atoms. The number of carboxylic acid groups (broad SMARTS) is 1. The number of aliphatic hydroxyl groups is 2. The van der Waals surface area contributed by atoms with Crippen molar-refractivity contribution in [1.29, 1.82) is 0 Å². The van der Waals surface area contributed by atoms with E-state index in [0.29, 0.717) is 0 Å². The van der Waals surface area contributed by atoms with Crippen LogP contribution in [0.5, 0.6) is 28.7 Å². The molecule has 2 heterocycles. The number of aromatic hydroxyl groups is 3. The molecule has 1 aliphatic rings. The molecule has 0 saturated carbocycles. The number of rotatable bonds is 6. The number of benzene rings is 2. The third-order valence-corrected chi connectivity index (χ3v) is 5.68. The Bertz CT molecular complexity index is 1460. The van der Waals surface area contributed by atoms with E-state index in [2.05, 4.69) is 0 Å². The second kappa shape index (κ2) is 10.1. The molecule has 1 saturated heterocycles. The van der Waals surface area contributed by atoms with Crippen LogP contribution in [-0.2, 0) is 19.1 Å². The van der Waals surface area contributed by atoms with Crippen LogP contribution in [0.15, 0.2) is 39.5 Å². The lowest BCUT2D eigenvalue weighted by molar-refractivity contribution is -0.275. The Labute approximate surface area is 212 Å². The van der Waals surface area contributed by atoms with Crippen LogP contribution in [0.4, 0.5) is 0 Å². The topological polar surface area (TPSA) is 223 Å². The van der Waals surface area contributed by atoms with Crippen LogP contribution in [0, 0.1) is 0 Å². The molecule has 0 amide bonds. The van der Waals surface area contributed by atoms with Crippen molar-refractivity contribution in [2.75, 3.05) is 7.11 Å². The summed E-state index contributed by atoms with van der Waals surface area (Å²) in [6, 6.07) is 5.69. The number of carboxylic acids is 1. The summed E-state index contributed by atoms with van der Waals surface area (Å²) in [5.41, 5.74) is -1.22. The molecule has 0 spiro atoms. The molecule has 1 aliphatic heterocycles. The van der Waals surface area contributed by atoms with Crippen LogP contribution in [0.25, 0.3) is 22.3 Å². The largest absolute Gasteiger partial charge is 0.508 e. The number of methoxy groups -OCH3 is 1. The van der Waals surface area contributed by atoms with E-state index in [0.717, 1.165) is 19.1 Å². The molecule has 0 unspecified atom stereocenters. The number of phenols is 3. The van der Waals surface area contributed by atoms with Gasteiger partial charge in [0.15, 0.2) is 29.5 Å². The van der Waals surface area contributed by atoms with Gasteiger partial charge in [0.2, 0.25) is 17.5 Å². The minimum absolute atomic E-state index is 0.0360. The molecule has 3 aromatic rings. The van der Waals surface area contributed by atoms with Gasteiger partial charge in [-0.2, -0.15) is 0 Å². The average molecular weight is 534 g/mol. The summed E-state index contributed by atoms with van der Waals surface area (Å²) in [5, 5.41) is 59.8. The fraction of sp³-hybridized carbons (Fsp3) is 0.292. The standard InChI is InChI=1S/C24H22O14/c1-8(25)35-22-18(31)17(30)21(23(32)33)38-24(22)37-20-16(29)15-12(28)6-10(26)7-14(15)36-19(20)9-3-4-11(27)13(5-9)34-2/h3-7,17-18,21-22,24,26-28,30-31H,1-2H3,(H,32,33)/t17-,18-,21-,22+,24+/m0/s1. The molecular formula is C24H22O14. The lowest BCUT2D eigenvalue weighted by Gasteiger charge is -2.40. The minimum atomic E-state index is -2.04. The van der Waals surface area contributed by atoms with Gasteiger partial charge in [-0.05, 0) is 18.2 Å². The van der Waals surface area contributed by atoms with Crippen LogP contribution in [0.3, 0.4) is 0 Å². The Kier molecular flexibility index (Phi) is 7.04. The van der Waals surface area contributed by atoms with Crippen molar-refractivity contribution in [2.24, 2.45) is 0 Å². The van der Waals surface area contributed by atoms with Crippen LogP contribution in [0.2, 0.25) is 0 Å². The highest BCUT2D eigenvalue weighted by Crippen LogP contribution is 2.39. The van der Waals surface area contributed by atoms with Crippen LogP contribution < -0.4 is 14.9 Å². The van der Waals surface area contributed by atoms with E-state index in [-0.39, 0.29) is 28.4 Å². The fourth-order valence-electron chi connectivity index (χ4n) is 3.95. The fourth-order valence-corrected chi connectivity index (χ4v) is 3.95. The third-order valence-electron chi connectivity index (χ3n) is 5.68. The first-order valence-corrected chi connectivity index (χ1v) is 10.9. The average Bonchev–Trinajstić information content (AvgIpc) is 2.84. The van der Waals surface area contributed by atoms with Crippen molar-refractivity contribution in [2.45, 2.75) is 37.6 Å². The summed E-state index contributed by atoms with van der Waals surface area (Å²) in [5.74, 6) is -5.11. The van der Waals surface area contributed by atoms with Gasteiger partial charge in [-0.15, -0.1) is 0 Å². The van der Waals surface area contributed by atoms with Gasteiger partial charge in [0.25, 0.3) is 0 Å². The lowest BCUT2D eigenvalue weighted by Crippen LogP contribution is -2.62. The molecule has 14 nitrogen and oxygen atoms in total. The van der Waals surface area contributed by atoms with Crippen molar-refractivity contribution in [1.82, 2.24) is 0 Å². The Morgan fingerprint density at radius 3 is 2.34 bits per heavy atom. The van der Waals surface area contributed by atoms with Crippen LogP contribution in [-0.4, -0.2) is 80.4 Å². The number of esters is 1. The van der Waals surface area contributed by atoms with E-state index < -0.39 is 70.7 Å². The summed E-state index contributed by atoms with van der Waals surface area (Å²) < 4.78 is 26.8. The number of ether oxygens (including phenoxy) is 4. The van der Waals surface area contributed by atoms with E-state index in [1.807, 2.05) is 0 Å². The van der Waals surface area contributed by atoms with E-state index in [4.69, 9.17) is 23.4 Å². The molecular weight excluding hydrogens is 512 g/mol. The van der Waals surface area contributed by atoms with Crippen molar-refractivity contribution in [3.8, 4) is 40.1 Å². The van der Waals surface area contributed by atoms with E-state index >= 15 is 0 Å². The number of aliphatic hydroxyl groups excluding tert-OH is 2. The lowest BCUT2D eigenvalue weighted by atomic mass is 9.98. The quantitative estimate of drug-likeness (QED) is 0.236. The minimum Gasteiger partial charge on any atom is -0.508 e. The summed E-state index contributed by atoms with van der Waals surface area (Å²) in [7, 11) is 1.27. The predicted octanol–water partition coefficient (Wildman–Crippen LogP) is 0.427. The van der Waals surface area contributed by atoms with Crippen molar-refractivity contribution in [3.63, 3.8) is 0 Å². The zero-order valence-electron chi connectivity index (χ0n) is 19.7. The maximum absolute atomic E-state index is 13.5. The Balaban J connectivity index is 1.94. The van der Waals surface area contributed by atoms with Gasteiger partial charge in [0.05, 0.1) is 7.11 Å². The second-order valence-corrected chi connectivity index (χ2v) is 8.25. The monoisotopic (exact) mass is 534 g/mol. The van der Waals surface area contributed by atoms with Gasteiger partial charge in [-0.25, -0.2) is 4.79 Å². The molecule has 1 aromatic heterocycles. The normalized spacial score (nSPS) is 23.1. The van der Waals surface area contributed by atoms with Crippen molar-refractivity contribution >= 4 is 22.9 Å². The Hall–Kier alpha value is -4.53. The molecule has 6 N–H and O–H groups in total. The third kappa shape index (κ3) is 4.74. The van der Waals surface area contributed by atoms with Gasteiger partial charge in [-0.1, -0.05) is 0 Å². The molecule has 202 valence electrons. The van der Waals surface area contributed by atoms with Gasteiger partial charge < -0.3 is 54.0 Å². The number of aliphatic carboxylic acids is 1. The number of carbonyl (C=O) groups excluding carboxylic acids is 1. The zero-order chi connectivity index (χ0) is 27.9. The number of hydrogen-bond acceptors (Lipinski definition) is 13. The highest BCUT2D eigenvalue weighted by molar-refractivity contribution is 5.88. The highest BCUT2D eigenvalue weighted by atomic mass is 16.7. The maximum atomic E-state index is 13.5. The number of phenolic OH excluding ortho intramolecular Hbond substituents is 3. The van der Waals surface area contributed by atoms with Crippen molar-refractivity contribution < 1.29 is 63.6 Å². The van der Waals surface area contributed by atoms with E-state index in [1.165, 1.54) is 25.3 Å². The molecule has 1 fully saturated rings. The van der Waals surface area contributed by atoms with Crippen LogP contribution in [0.1, 0.15) is 6.92 Å². The number of hydrogen-bond donors (Lipinski definition) is 6. The first-order valence-electron chi connectivity index (χ1n) is 10.9. The summed E-state index contributed by atoms with van der Waals surface area (Å²) in [6.45, 7) is 0.975. The first-order chi connectivity index (χ1) is 17.9. The molecule has 0 radical (unpaired) electrons. The summed E-state index contributed by atoms with van der Waals surface area (Å²) in [4.78, 5) is 36.8. The van der Waals surface area contributed by atoms with E-state index in [1.54, 1.807) is 0 Å². The van der Waals surface area contributed by atoms with Crippen LogP contribution >= 0.6 is 0 Å². The molecule has 5 atom stereocenters. The van der Waals surface area contributed by atoms with Gasteiger partial charge in [0.1, 0.15) is 34.7 Å². The smallest absolute Gasteiger partial charge is 0.335 e. The SMILES string of the molecule is COc1cc(-c2oc3cc(O)cc(O)c3c(=O)c2O[C@@H]2O[C@H](C(=O)O)[C@@H](O)[C@H](O)[C@H]2OC(C)=O)ccc1O. The maximum Gasteiger partial charge on any atom is 0.335 e. The van der Waals surface area contributed by atoms with Crippen molar-refractivity contribution in [3.05, 3.63) is 40.6 Å². The second-order valence-electron chi connectivity index (χ2n) is 8.25. The molecule has 38 heavy (non-hydrogen) atoms. The molecule has 0 aliphatic carbocycles. The summed E-state index contributed by atoms with van der Waals surface area (Å²) in [6.07, 6.45) is -9.84. The number of carbonyl (C=O) groups is 2. The summed E-state index contributed by atoms with van der Waals surface area (Å²) >= 11 is 0. The van der Waals surface area contributed by atoms with Gasteiger partial charge >= 0.3 is 11.9 Å².